The molecule has 1 unspecified atom stereocenters. The number of amides is 1. The summed E-state index contributed by atoms with van der Waals surface area (Å²) in [4.78, 5) is 20.2. The lowest BCUT2D eigenvalue weighted by atomic mass is 10.3. The van der Waals surface area contributed by atoms with Crippen LogP contribution in [0.2, 0.25) is 0 Å². The molecule has 1 amide bonds. The first-order valence-corrected chi connectivity index (χ1v) is 2.77. The number of rotatable bonds is 3. The Kier molecular flexibility index (Phi) is 3.42. The van der Waals surface area contributed by atoms with Crippen molar-refractivity contribution in [2.75, 3.05) is 0 Å². The monoisotopic (exact) mass is 146 g/mol. The van der Waals surface area contributed by atoms with Crippen LogP contribution >= 0.6 is 0 Å². The average Bonchev–Trinajstić information content (AvgIpc) is 1.58. The van der Waals surface area contributed by atoms with Crippen LogP contribution in [0.1, 0.15) is 13.3 Å². The average molecular weight is 146 g/mol. The number of hydrogen-bond acceptors (Lipinski definition) is 3. The van der Waals surface area contributed by atoms with Crippen LogP contribution in [0.4, 0.5) is 0 Å². The fourth-order valence-corrected chi connectivity index (χ4v) is 0.500. The van der Waals surface area contributed by atoms with Crippen molar-refractivity contribution in [3.8, 4) is 0 Å². The zero-order valence-electron chi connectivity index (χ0n) is 5.63. The smallest absolute Gasteiger partial charge is 0.306 e. The first-order valence-electron chi connectivity index (χ1n) is 2.77. The first kappa shape index (κ1) is 8.90. The summed E-state index contributed by atoms with van der Waals surface area (Å²) in [6.45, 7) is 1.28. The van der Waals surface area contributed by atoms with Gasteiger partial charge in [-0.1, -0.05) is 0 Å². The summed E-state index contributed by atoms with van der Waals surface area (Å²) in [7, 11) is 0. The van der Waals surface area contributed by atoms with E-state index in [9.17, 15) is 9.59 Å². The zero-order valence-corrected chi connectivity index (χ0v) is 5.63. The largest absolute Gasteiger partial charge is 0.481 e. The van der Waals surface area contributed by atoms with Crippen LogP contribution in [0.15, 0.2) is 0 Å². The lowest BCUT2D eigenvalue weighted by Gasteiger charge is -2.07. The molecule has 0 aromatic rings. The van der Waals surface area contributed by atoms with E-state index in [1.165, 1.54) is 6.92 Å². The number of carboxylic acids is 1. The minimum Gasteiger partial charge on any atom is -0.481 e. The standard InChI is InChI=1S/C5H10N2O3/c1-3(8)7-4(6)2-5(9)10/h4H,2,6H2,1H3,(H,7,8)(H,9,10). The van der Waals surface area contributed by atoms with Gasteiger partial charge in [0.15, 0.2) is 0 Å². The maximum Gasteiger partial charge on any atom is 0.306 e. The molecule has 0 aromatic heterocycles. The van der Waals surface area contributed by atoms with Crippen molar-refractivity contribution in [3.05, 3.63) is 0 Å². The van der Waals surface area contributed by atoms with Crippen molar-refractivity contribution >= 4 is 11.9 Å². The minimum atomic E-state index is -1.03. The van der Waals surface area contributed by atoms with Crippen LogP contribution < -0.4 is 11.1 Å². The summed E-state index contributed by atoms with van der Waals surface area (Å²) in [6, 6.07) is 0. The maximum absolute atomic E-state index is 10.3. The fourth-order valence-electron chi connectivity index (χ4n) is 0.500. The normalized spacial score (nSPS) is 12.2. The Hall–Kier alpha value is -1.10. The van der Waals surface area contributed by atoms with Gasteiger partial charge in [-0.2, -0.15) is 0 Å². The highest BCUT2D eigenvalue weighted by Gasteiger charge is 2.07. The Morgan fingerprint density at radius 2 is 2.20 bits per heavy atom. The third kappa shape index (κ3) is 5.04. The Balaban J connectivity index is 3.53. The molecule has 5 nitrogen and oxygen atoms in total. The number of carbonyl (C=O) groups excluding carboxylic acids is 1. The molecule has 0 aliphatic heterocycles. The molecule has 0 aromatic carbocycles. The van der Waals surface area contributed by atoms with Crippen LogP contribution in [0.5, 0.6) is 0 Å². The molecule has 0 aliphatic rings. The molecule has 5 heteroatoms. The highest BCUT2D eigenvalue weighted by atomic mass is 16.4. The number of hydrogen-bond donors (Lipinski definition) is 3. The molecular formula is C5H10N2O3. The van der Waals surface area contributed by atoms with Gasteiger partial charge >= 0.3 is 5.97 Å². The van der Waals surface area contributed by atoms with Gasteiger partial charge in [0.25, 0.3) is 0 Å². The van der Waals surface area contributed by atoms with Crippen molar-refractivity contribution in [1.29, 1.82) is 0 Å². The molecular weight excluding hydrogens is 136 g/mol. The highest BCUT2D eigenvalue weighted by Crippen LogP contribution is 1.81. The van der Waals surface area contributed by atoms with Crippen molar-refractivity contribution in [3.63, 3.8) is 0 Å². The third-order valence-electron chi connectivity index (χ3n) is 0.783. The lowest BCUT2D eigenvalue weighted by Crippen LogP contribution is -2.41. The molecule has 0 aliphatic carbocycles. The second kappa shape index (κ2) is 3.84. The quantitative estimate of drug-likeness (QED) is 0.440. The molecule has 0 saturated carbocycles. The summed E-state index contributed by atoms with van der Waals surface area (Å²) in [5.74, 6) is -1.35. The summed E-state index contributed by atoms with van der Waals surface area (Å²) in [6.07, 6.45) is -1.03. The molecule has 1 atom stereocenters. The summed E-state index contributed by atoms with van der Waals surface area (Å²) < 4.78 is 0. The highest BCUT2D eigenvalue weighted by molar-refractivity contribution is 5.74. The second-order valence-corrected chi connectivity index (χ2v) is 1.90. The van der Waals surface area contributed by atoms with E-state index in [0.717, 1.165) is 0 Å². The topological polar surface area (TPSA) is 92.4 Å². The van der Waals surface area contributed by atoms with Gasteiger partial charge in [0.1, 0.15) is 0 Å². The molecule has 0 bridgehead atoms. The Morgan fingerprint density at radius 3 is 2.50 bits per heavy atom. The molecule has 0 spiro atoms. The lowest BCUT2D eigenvalue weighted by molar-refractivity contribution is -0.137. The van der Waals surface area contributed by atoms with E-state index in [-0.39, 0.29) is 12.3 Å². The van der Waals surface area contributed by atoms with Crippen molar-refractivity contribution in [2.24, 2.45) is 5.73 Å². The Bertz CT molecular complexity index is 130. The van der Waals surface area contributed by atoms with E-state index >= 15 is 0 Å². The van der Waals surface area contributed by atoms with Crippen molar-refractivity contribution in [2.45, 2.75) is 19.5 Å². The van der Waals surface area contributed by atoms with Crippen LogP contribution in [-0.2, 0) is 9.59 Å². The second-order valence-electron chi connectivity index (χ2n) is 1.90. The number of carbonyl (C=O) groups is 2. The predicted octanol–water partition coefficient (Wildman–Crippen LogP) is -1.12. The van der Waals surface area contributed by atoms with Gasteiger partial charge in [-0.15, -0.1) is 0 Å². The van der Waals surface area contributed by atoms with Crippen molar-refractivity contribution < 1.29 is 14.7 Å². The van der Waals surface area contributed by atoms with Crippen molar-refractivity contribution in [1.82, 2.24) is 5.32 Å². The molecule has 0 saturated heterocycles. The fraction of sp³-hybridized carbons (Fsp3) is 0.600. The minimum absolute atomic E-state index is 0.250. The molecule has 0 radical (unpaired) electrons. The summed E-state index contributed by atoms with van der Waals surface area (Å²) in [5, 5.41) is 10.4. The molecule has 4 N–H and O–H groups in total. The number of nitrogens with two attached hydrogens (primary N) is 1. The number of carboxylic acid groups (broad SMARTS) is 1. The van der Waals surface area contributed by atoms with Gasteiger partial charge in [-0.05, 0) is 0 Å². The van der Waals surface area contributed by atoms with Gasteiger partial charge in [0.2, 0.25) is 5.91 Å². The van der Waals surface area contributed by atoms with E-state index in [0.29, 0.717) is 0 Å². The van der Waals surface area contributed by atoms with Crippen LogP contribution in [0.3, 0.4) is 0 Å². The van der Waals surface area contributed by atoms with E-state index in [1.54, 1.807) is 0 Å². The predicted molar refractivity (Wildman–Crippen MR) is 34.0 cm³/mol. The molecule has 10 heavy (non-hydrogen) atoms. The summed E-state index contributed by atoms with van der Waals surface area (Å²) >= 11 is 0. The van der Waals surface area contributed by atoms with Crippen LogP contribution in [0.25, 0.3) is 0 Å². The van der Waals surface area contributed by atoms with Crippen LogP contribution in [-0.4, -0.2) is 23.1 Å². The third-order valence-corrected chi connectivity index (χ3v) is 0.783. The van der Waals surface area contributed by atoms with Crippen LogP contribution in [0, 0.1) is 0 Å². The van der Waals surface area contributed by atoms with Gasteiger partial charge in [-0.3, -0.25) is 9.59 Å². The SMILES string of the molecule is CC(=O)NC(N)CC(=O)O. The molecule has 0 rings (SSSR count). The van der Waals surface area contributed by atoms with E-state index in [2.05, 4.69) is 5.32 Å². The van der Waals surface area contributed by atoms with E-state index < -0.39 is 12.1 Å². The number of nitrogens with one attached hydrogen (secondary N) is 1. The maximum atomic E-state index is 10.3. The van der Waals surface area contributed by atoms with E-state index in [4.69, 9.17) is 10.8 Å². The van der Waals surface area contributed by atoms with Gasteiger partial charge in [-0.25, -0.2) is 0 Å². The number of aliphatic carboxylic acids is 1. The molecule has 0 heterocycles. The summed E-state index contributed by atoms with van der Waals surface area (Å²) in [5.41, 5.74) is 5.16. The molecule has 58 valence electrons. The first-order chi connectivity index (χ1) is 4.52. The Labute approximate surface area is 58.2 Å². The zero-order chi connectivity index (χ0) is 8.15. The van der Waals surface area contributed by atoms with Gasteiger partial charge in [0.05, 0.1) is 12.6 Å². The van der Waals surface area contributed by atoms with Gasteiger partial charge < -0.3 is 16.2 Å². The van der Waals surface area contributed by atoms with E-state index in [1.807, 2.05) is 0 Å². The Morgan fingerprint density at radius 1 is 1.70 bits per heavy atom. The van der Waals surface area contributed by atoms with Gasteiger partial charge in [0, 0.05) is 6.92 Å². The molecule has 0 fully saturated rings.